The second-order valence-electron chi connectivity index (χ2n) is 3.64. The molecule has 0 spiro atoms. The number of benzene rings is 1. The molecule has 0 aliphatic carbocycles. The van der Waals surface area contributed by atoms with Gasteiger partial charge in [0.25, 0.3) is 0 Å². The first-order valence-electron chi connectivity index (χ1n) is 5.48. The van der Waals surface area contributed by atoms with E-state index in [1.165, 1.54) is 7.11 Å². The highest BCUT2D eigenvalue weighted by atomic mass is 16.6. The first-order valence-corrected chi connectivity index (χ1v) is 5.48. The third-order valence-corrected chi connectivity index (χ3v) is 2.59. The lowest BCUT2D eigenvalue weighted by Crippen LogP contribution is -2.33. The molecule has 1 unspecified atom stereocenters. The zero-order valence-corrected chi connectivity index (χ0v) is 10.1. The SMILES string of the molecule is CCOc1ccc2c(c1)OC(=O)C(OC)C2=C=O. The lowest BCUT2D eigenvalue weighted by atomic mass is 9.98. The van der Waals surface area contributed by atoms with E-state index in [0.29, 0.717) is 17.9 Å². The smallest absolute Gasteiger partial charge is 0.346 e. The van der Waals surface area contributed by atoms with Crippen molar-refractivity contribution in [3.8, 4) is 11.5 Å². The van der Waals surface area contributed by atoms with Gasteiger partial charge in [-0.1, -0.05) is 0 Å². The van der Waals surface area contributed by atoms with Crippen LogP contribution < -0.4 is 9.47 Å². The molecule has 1 aliphatic rings. The van der Waals surface area contributed by atoms with E-state index in [0.717, 1.165) is 0 Å². The van der Waals surface area contributed by atoms with Gasteiger partial charge in [0, 0.05) is 18.7 Å². The Labute approximate surface area is 104 Å². The maximum Gasteiger partial charge on any atom is 0.346 e. The van der Waals surface area contributed by atoms with E-state index >= 15 is 0 Å². The molecule has 0 amide bonds. The molecule has 1 aromatic rings. The van der Waals surface area contributed by atoms with Crippen LogP contribution in [-0.2, 0) is 14.3 Å². The predicted octanol–water partition coefficient (Wildman–Crippen LogP) is 1.23. The molecule has 0 radical (unpaired) electrons. The van der Waals surface area contributed by atoms with Crippen LogP contribution in [0.5, 0.6) is 11.5 Å². The van der Waals surface area contributed by atoms with Gasteiger partial charge >= 0.3 is 5.97 Å². The lowest BCUT2D eigenvalue weighted by molar-refractivity contribution is -0.142. The number of carbonyl (C=O) groups is 1. The minimum Gasteiger partial charge on any atom is -0.494 e. The van der Waals surface area contributed by atoms with Gasteiger partial charge in [-0.05, 0) is 19.1 Å². The molecule has 0 saturated carbocycles. The highest BCUT2D eigenvalue weighted by Crippen LogP contribution is 2.35. The Morgan fingerprint density at radius 3 is 2.83 bits per heavy atom. The molecule has 1 atom stereocenters. The standard InChI is InChI=1S/C13H12O5/c1-3-17-8-4-5-9-10(7-14)12(16-2)13(15)18-11(9)6-8/h4-6,12H,3H2,1-2H3. The largest absolute Gasteiger partial charge is 0.494 e. The number of hydrogen-bond donors (Lipinski definition) is 0. The number of hydrogen-bond acceptors (Lipinski definition) is 5. The summed E-state index contributed by atoms with van der Waals surface area (Å²) in [6.45, 7) is 2.35. The van der Waals surface area contributed by atoms with Gasteiger partial charge in [-0.15, -0.1) is 0 Å². The summed E-state index contributed by atoms with van der Waals surface area (Å²) in [5.74, 6) is 1.98. The van der Waals surface area contributed by atoms with Gasteiger partial charge in [-0.2, -0.15) is 0 Å². The van der Waals surface area contributed by atoms with E-state index in [-0.39, 0.29) is 11.3 Å². The van der Waals surface area contributed by atoms with Crippen LogP contribution in [-0.4, -0.2) is 31.7 Å². The van der Waals surface area contributed by atoms with Crippen LogP contribution in [0.25, 0.3) is 5.57 Å². The second kappa shape index (κ2) is 5.04. The van der Waals surface area contributed by atoms with Crippen LogP contribution in [0, 0.1) is 0 Å². The Bertz CT molecular complexity index is 528. The molecule has 0 fully saturated rings. The van der Waals surface area contributed by atoms with Gasteiger partial charge in [-0.3, -0.25) is 0 Å². The summed E-state index contributed by atoms with van der Waals surface area (Å²) in [5.41, 5.74) is 0.645. The molecular formula is C13H12O5. The number of rotatable bonds is 3. The van der Waals surface area contributed by atoms with Crippen LogP contribution in [0.2, 0.25) is 0 Å². The summed E-state index contributed by atoms with van der Waals surface area (Å²) in [4.78, 5) is 22.6. The summed E-state index contributed by atoms with van der Waals surface area (Å²) in [6.07, 6.45) is -1.02. The van der Waals surface area contributed by atoms with Gasteiger partial charge in [-0.25, -0.2) is 9.59 Å². The predicted molar refractivity (Wildman–Crippen MR) is 63.1 cm³/mol. The van der Waals surface area contributed by atoms with Crippen molar-refractivity contribution in [3.63, 3.8) is 0 Å². The van der Waals surface area contributed by atoms with Gasteiger partial charge in [0.15, 0.2) is 6.10 Å². The van der Waals surface area contributed by atoms with Crippen molar-refractivity contribution >= 4 is 17.5 Å². The molecule has 1 aliphatic heterocycles. The maximum absolute atomic E-state index is 11.6. The zero-order valence-electron chi connectivity index (χ0n) is 10.1. The van der Waals surface area contributed by atoms with E-state index in [9.17, 15) is 9.59 Å². The fourth-order valence-corrected chi connectivity index (χ4v) is 1.81. The Kier molecular flexibility index (Phi) is 3.46. The number of esters is 1. The molecule has 18 heavy (non-hydrogen) atoms. The van der Waals surface area contributed by atoms with E-state index in [4.69, 9.17) is 14.2 Å². The molecule has 0 saturated heterocycles. The fraction of sp³-hybridized carbons (Fsp3) is 0.308. The number of methoxy groups -OCH3 is 1. The van der Waals surface area contributed by atoms with E-state index in [2.05, 4.69) is 0 Å². The average Bonchev–Trinajstić information content (AvgIpc) is 2.37. The summed E-state index contributed by atoms with van der Waals surface area (Å²) >= 11 is 0. The molecule has 94 valence electrons. The summed E-state index contributed by atoms with van der Waals surface area (Å²) in [6, 6.07) is 4.92. The maximum atomic E-state index is 11.6. The Morgan fingerprint density at radius 1 is 1.44 bits per heavy atom. The third-order valence-electron chi connectivity index (χ3n) is 2.59. The van der Waals surface area contributed by atoms with E-state index in [1.54, 1.807) is 24.1 Å². The average molecular weight is 248 g/mol. The van der Waals surface area contributed by atoms with Gasteiger partial charge < -0.3 is 14.2 Å². The molecule has 1 aromatic carbocycles. The Balaban J connectivity index is 2.48. The van der Waals surface area contributed by atoms with Crippen molar-refractivity contribution in [2.45, 2.75) is 13.0 Å². The number of carbonyl (C=O) groups excluding carboxylic acids is 2. The summed E-state index contributed by atoms with van der Waals surface area (Å²) in [7, 11) is 1.34. The Hall–Kier alpha value is -2.10. The van der Waals surface area contributed by atoms with Crippen LogP contribution >= 0.6 is 0 Å². The van der Waals surface area contributed by atoms with Crippen molar-refractivity contribution in [1.29, 1.82) is 0 Å². The zero-order chi connectivity index (χ0) is 13.1. The highest BCUT2D eigenvalue weighted by Gasteiger charge is 2.34. The molecule has 1 heterocycles. The number of ether oxygens (including phenoxy) is 3. The molecule has 0 N–H and O–H groups in total. The highest BCUT2D eigenvalue weighted by molar-refractivity contribution is 6.05. The van der Waals surface area contributed by atoms with Crippen LogP contribution in [0.15, 0.2) is 18.2 Å². The van der Waals surface area contributed by atoms with E-state index in [1.807, 2.05) is 6.92 Å². The first kappa shape index (κ1) is 12.4. The topological polar surface area (TPSA) is 61.8 Å². The monoisotopic (exact) mass is 248 g/mol. The molecule has 0 bridgehead atoms. The third kappa shape index (κ3) is 2.01. The first-order chi connectivity index (χ1) is 8.71. The molecular weight excluding hydrogens is 236 g/mol. The van der Waals surface area contributed by atoms with Crippen LogP contribution in [0.1, 0.15) is 12.5 Å². The molecule has 0 aromatic heterocycles. The van der Waals surface area contributed by atoms with Crippen LogP contribution in [0.3, 0.4) is 0 Å². The van der Waals surface area contributed by atoms with Crippen molar-refractivity contribution in [2.24, 2.45) is 0 Å². The van der Waals surface area contributed by atoms with Crippen molar-refractivity contribution in [3.05, 3.63) is 23.8 Å². The van der Waals surface area contributed by atoms with Gasteiger partial charge in [0.05, 0.1) is 12.2 Å². The quantitative estimate of drug-likeness (QED) is 0.457. The number of fused-ring (bicyclic) bond motifs is 1. The van der Waals surface area contributed by atoms with Crippen LogP contribution in [0.4, 0.5) is 0 Å². The van der Waals surface area contributed by atoms with Gasteiger partial charge in [0.2, 0.25) is 0 Å². The fourth-order valence-electron chi connectivity index (χ4n) is 1.81. The minimum atomic E-state index is -1.02. The molecule has 2 rings (SSSR count). The van der Waals surface area contributed by atoms with Gasteiger partial charge in [0.1, 0.15) is 17.4 Å². The summed E-state index contributed by atoms with van der Waals surface area (Å²) in [5, 5.41) is 0. The Morgan fingerprint density at radius 2 is 2.22 bits per heavy atom. The minimum absolute atomic E-state index is 0.145. The van der Waals surface area contributed by atoms with Crippen molar-refractivity contribution < 1.29 is 23.8 Å². The molecule has 5 nitrogen and oxygen atoms in total. The summed E-state index contributed by atoms with van der Waals surface area (Å²) < 4.78 is 15.3. The van der Waals surface area contributed by atoms with Crippen molar-refractivity contribution in [1.82, 2.24) is 0 Å². The molecule has 5 heteroatoms. The van der Waals surface area contributed by atoms with E-state index < -0.39 is 12.1 Å². The second-order valence-corrected chi connectivity index (χ2v) is 3.64. The van der Waals surface area contributed by atoms with Crippen molar-refractivity contribution in [2.75, 3.05) is 13.7 Å². The normalized spacial score (nSPS) is 17.8. The lowest BCUT2D eigenvalue weighted by Gasteiger charge is -2.23.